The van der Waals surface area contributed by atoms with Crippen molar-refractivity contribution in [3.63, 3.8) is 0 Å². The zero-order valence-corrected chi connectivity index (χ0v) is 15.5. The summed E-state index contributed by atoms with van der Waals surface area (Å²) in [5.41, 5.74) is 2.75. The molecule has 5 heteroatoms. The van der Waals surface area contributed by atoms with Gasteiger partial charge in [0.25, 0.3) is 0 Å². The van der Waals surface area contributed by atoms with Crippen molar-refractivity contribution in [1.82, 2.24) is 20.4 Å². The Kier molecular flexibility index (Phi) is 4.95. The number of nitrogens with one attached hydrogen (secondary N) is 2. The average Bonchev–Trinajstić information content (AvgIpc) is 2.93. The lowest BCUT2D eigenvalue weighted by Crippen LogP contribution is -2.44. The van der Waals surface area contributed by atoms with E-state index in [0.29, 0.717) is 12.1 Å². The lowest BCUT2D eigenvalue weighted by atomic mass is 9.92. The van der Waals surface area contributed by atoms with E-state index in [1.165, 1.54) is 49.8 Å². The first-order valence-electron chi connectivity index (χ1n) is 9.09. The number of fused-ring (bicyclic) bond motifs is 1. The molecular formula is C18H30N4S. The van der Waals surface area contributed by atoms with Crippen LogP contribution >= 0.6 is 12.2 Å². The molecule has 1 aromatic heterocycles. The lowest BCUT2D eigenvalue weighted by molar-refractivity contribution is 0.336. The Labute approximate surface area is 145 Å². The molecular weight excluding hydrogens is 304 g/mol. The molecule has 3 rings (SSSR count). The maximum absolute atomic E-state index is 5.58. The van der Waals surface area contributed by atoms with Crippen LogP contribution in [0.25, 0.3) is 0 Å². The smallest absolute Gasteiger partial charge is 0.166 e. The van der Waals surface area contributed by atoms with Gasteiger partial charge >= 0.3 is 0 Å². The monoisotopic (exact) mass is 334 g/mol. The van der Waals surface area contributed by atoms with Gasteiger partial charge in [0.15, 0.2) is 5.11 Å². The van der Waals surface area contributed by atoms with Gasteiger partial charge in [-0.2, -0.15) is 5.10 Å². The summed E-state index contributed by atoms with van der Waals surface area (Å²) in [7, 11) is 0. The Bertz CT molecular complexity index is 552. The van der Waals surface area contributed by atoms with E-state index in [-0.39, 0.29) is 5.54 Å². The second-order valence-corrected chi connectivity index (χ2v) is 8.44. The molecule has 1 fully saturated rings. The molecule has 4 nitrogen and oxygen atoms in total. The van der Waals surface area contributed by atoms with Crippen molar-refractivity contribution in [2.75, 3.05) is 0 Å². The van der Waals surface area contributed by atoms with Crippen LogP contribution in [0.15, 0.2) is 6.20 Å². The standard InChI is InChI=1S/C18H30N4S/c1-18(2,3)22-16-11-7-10-15(14(16)12-19-22)21-17(23)20-13-8-5-4-6-9-13/h12-13,15H,4-11H2,1-3H3,(H2,20,21,23)/t15-/m0/s1. The summed E-state index contributed by atoms with van der Waals surface area (Å²) in [5.74, 6) is 0. The van der Waals surface area contributed by atoms with Crippen molar-refractivity contribution in [2.24, 2.45) is 0 Å². The minimum atomic E-state index is 0.0380. The Morgan fingerprint density at radius 2 is 1.87 bits per heavy atom. The number of aromatic nitrogens is 2. The maximum atomic E-state index is 5.58. The van der Waals surface area contributed by atoms with E-state index < -0.39 is 0 Å². The molecule has 0 aliphatic heterocycles. The molecule has 0 bridgehead atoms. The van der Waals surface area contributed by atoms with Crippen LogP contribution in [0, 0.1) is 0 Å². The van der Waals surface area contributed by atoms with E-state index in [4.69, 9.17) is 12.2 Å². The third kappa shape index (κ3) is 3.87. The highest BCUT2D eigenvalue weighted by Crippen LogP contribution is 2.32. The number of thiocarbonyl (C=S) groups is 1. The van der Waals surface area contributed by atoms with Gasteiger partial charge in [0.2, 0.25) is 0 Å². The van der Waals surface area contributed by atoms with Crippen LogP contribution in [0.3, 0.4) is 0 Å². The van der Waals surface area contributed by atoms with E-state index in [1.54, 1.807) is 0 Å². The summed E-state index contributed by atoms with van der Waals surface area (Å²) in [6.07, 6.45) is 12.0. The molecule has 0 amide bonds. The lowest BCUT2D eigenvalue weighted by Gasteiger charge is -2.30. The minimum Gasteiger partial charge on any atom is -0.360 e. The van der Waals surface area contributed by atoms with Crippen molar-refractivity contribution in [2.45, 2.75) is 89.8 Å². The van der Waals surface area contributed by atoms with Gasteiger partial charge in [0.05, 0.1) is 17.8 Å². The van der Waals surface area contributed by atoms with Gasteiger partial charge in [0, 0.05) is 17.3 Å². The first-order chi connectivity index (χ1) is 10.9. The van der Waals surface area contributed by atoms with Gasteiger partial charge in [-0.3, -0.25) is 4.68 Å². The Morgan fingerprint density at radius 1 is 1.13 bits per heavy atom. The third-order valence-corrected chi connectivity index (χ3v) is 5.30. The summed E-state index contributed by atoms with van der Waals surface area (Å²) in [6, 6.07) is 0.863. The molecule has 0 saturated heterocycles. The third-order valence-electron chi connectivity index (χ3n) is 5.06. The van der Waals surface area contributed by atoms with Crippen LogP contribution in [0.5, 0.6) is 0 Å². The molecule has 0 radical (unpaired) electrons. The Hall–Kier alpha value is -1.10. The van der Waals surface area contributed by atoms with Crippen LogP contribution in [0.4, 0.5) is 0 Å². The highest BCUT2D eigenvalue weighted by Gasteiger charge is 2.28. The van der Waals surface area contributed by atoms with Gasteiger partial charge in [-0.25, -0.2) is 0 Å². The van der Waals surface area contributed by atoms with Crippen LogP contribution in [-0.2, 0) is 12.0 Å². The van der Waals surface area contributed by atoms with Crippen LogP contribution in [-0.4, -0.2) is 20.9 Å². The van der Waals surface area contributed by atoms with Gasteiger partial charge in [-0.05, 0) is 65.1 Å². The summed E-state index contributed by atoms with van der Waals surface area (Å²) in [4.78, 5) is 0. The van der Waals surface area contributed by atoms with Crippen molar-refractivity contribution < 1.29 is 0 Å². The van der Waals surface area contributed by atoms with Crippen molar-refractivity contribution in [1.29, 1.82) is 0 Å². The number of nitrogens with zero attached hydrogens (tertiary/aromatic N) is 2. The fraction of sp³-hybridized carbons (Fsp3) is 0.778. The predicted octanol–water partition coefficient (Wildman–Crippen LogP) is 3.81. The Balaban J connectivity index is 1.66. The molecule has 128 valence electrons. The first-order valence-corrected chi connectivity index (χ1v) is 9.50. The van der Waals surface area contributed by atoms with Crippen molar-refractivity contribution >= 4 is 17.3 Å². The van der Waals surface area contributed by atoms with E-state index in [0.717, 1.165) is 18.0 Å². The van der Waals surface area contributed by atoms with Gasteiger partial charge in [-0.1, -0.05) is 19.3 Å². The molecule has 1 saturated carbocycles. The molecule has 1 atom stereocenters. The number of hydrogen-bond acceptors (Lipinski definition) is 2. The molecule has 0 unspecified atom stereocenters. The Morgan fingerprint density at radius 3 is 2.57 bits per heavy atom. The molecule has 2 aliphatic rings. The van der Waals surface area contributed by atoms with Gasteiger partial charge in [-0.15, -0.1) is 0 Å². The van der Waals surface area contributed by atoms with Gasteiger partial charge < -0.3 is 10.6 Å². The fourth-order valence-corrected chi connectivity index (χ4v) is 4.23. The molecule has 2 N–H and O–H groups in total. The van der Waals surface area contributed by atoms with Crippen molar-refractivity contribution in [3.8, 4) is 0 Å². The van der Waals surface area contributed by atoms with E-state index in [9.17, 15) is 0 Å². The summed E-state index contributed by atoms with van der Waals surface area (Å²) in [6.45, 7) is 6.64. The molecule has 0 spiro atoms. The zero-order valence-electron chi connectivity index (χ0n) is 14.7. The summed E-state index contributed by atoms with van der Waals surface area (Å²) < 4.78 is 2.19. The molecule has 1 heterocycles. The van der Waals surface area contributed by atoms with E-state index in [1.807, 2.05) is 6.20 Å². The van der Waals surface area contributed by atoms with Crippen LogP contribution < -0.4 is 10.6 Å². The molecule has 0 aromatic carbocycles. The molecule has 2 aliphatic carbocycles. The second-order valence-electron chi connectivity index (χ2n) is 8.03. The summed E-state index contributed by atoms with van der Waals surface area (Å²) in [5, 5.41) is 12.6. The highest BCUT2D eigenvalue weighted by molar-refractivity contribution is 7.80. The summed E-state index contributed by atoms with van der Waals surface area (Å²) >= 11 is 5.58. The number of hydrogen-bond donors (Lipinski definition) is 2. The topological polar surface area (TPSA) is 41.9 Å². The van der Waals surface area contributed by atoms with Crippen molar-refractivity contribution in [3.05, 3.63) is 17.5 Å². The SMILES string of the molecule is CC(C)(C)n1ncc2c1CCC[C@@H]2NC(=S)NC1CCCCC1. The largest absolute Gasteiger partial charge is 0.360 e. The number of rotatable bonds is 2. The van der Waals surface area contributed by atoms with E-state index in [2.05, 4.69) is 41.2 Å². The maximum Gasteiger partial charge on any atom is 0.166 e. The normalized spacial score (nSPS) is 22.5. The first kappa shape index (κ1) is 16.7. The highest BCUT2D eigenvalue weighted by atomic mass is 32.1. The van der Waals surface area contributed by atoms with Crippen LogP contribution in [0.2, 0.25) is 0 Å². The second kappa shape index (κ2) is 6.80. The quantitative estimate of drug-likeness (QED) is 0.807. The zero-order chi connectivity index (χ0) is 16.4. The average molecular weight is 335 g/mol. The predicted molar refractivity (Wildman–Crippen MR) is 98.6 cm³/mol. The van der Waals surface area contributed by atoms with E-state index >= 15 is 0 Å². The molecule has 1 aromatic rings. The van der Waals surface area contributed by atoms with Crippen LogP contribution in [0.1, 0.15) is 83.0 Å². The van der Waals surface area contributed by atoms with Gasteiger partial charge in [0.1, 0.15) is 0 Å². The molecule has 23 heavy (non-hydrogen) atoms. The minimum absolute atomic E-state index is 0.0380. The fourth-order valence-electron chi connectivity index (χ4n) is 3.92.